The molecule has 0 spiro atoms. The van der Waals surface area contributed by atoms with Crippen molar-refractivity contribution < 1.29 is 31.5 Å². The SMILES string of the molecule is O=C(COC(=O)c1ccc(Cl)c(S(=O)(=O)N2CCN(c3ccc(F)cc3)CC2)c1)Nc1ccccc1F. The first-order valence-corrected chi connectivity index (χ1v) is 13.0. The Labute approximate surface area is 217 Å². The second-order valence-electron chi connectivity index (χ2n) is 8.12. The molecule has 0 radical (unpaired) electrons. The van der Waals surface area contributed by atoms with Gasteiger partial charge in [0.15, 0.2) is 6.61 Å². The average Bonchev–Trinajstić information content (AvgIpc) is 2.89. The monoisotopic (exact) mass is 549 g/mol. The van der Waals surface area contributed by atoms with Crippen molar-refractivity contribution in [2.45, 2.75) is 4.90 Å². The Morgan fingerprint density at radius 1 is 0.946 bits per heavy atom. The number of para-hydroxylation sites is 1. The van der Waals surface area contributed by atoms with Crippen LogP contribution >= 0.6 is 11.6 Å². The van der Waals surface area contributed by atoms with Crippen LogP contribution in [0.25, 0.3) is 0 Å². The molecule has 3 aromatic carbocycles. The number of hydrogen-bond donors (Lipinski definition) is 1. The molecule has 1 heterocycles. The van der Waals surface area contributed by atoms with Gasteiger partial charge in [-0.1, -0.05) is 23.7 Å². The number of piperazine rings is 1. The van der Waals surface area contributed by atoms with E-state index >= 15 is 0 Å². The number of halogens is 3. The number of nitrogens with zero attached hydrogens (tertiary/aromatic N) is 2. The van der Waals surface area contributed by atoms with E-state index in [9.17, 15) is 26.8 Å². The first-order valence-electron chi connectivity index (χ1n) is 11.2. The van der Waals surface area contributed by atoms with Crippen LogP contribution in [-0.2, 0) is 19.6 Å². The maximum absolute atomic E-state index is 13.7. The van der Waals surface area contributed by atoms with E-state index in [1.807, 2.05) is 4.90 Å². The second kappa shape index (κ2) is 11.2. The summed E-state index contributed by atoms with van der Waals surface area (Å²) >= 11 is 6.17. The topological polar surface area (TPSA) is 96.0 Å². The zero-order valence-corrected chi connectivity index (χ0v) is 20.9. The summed E-state index contributed by atoms with van der Waals surface area (Å²) in [5.74, 6) is -2.71. The van der Waals surface area contributed by atoms with Crippen molar-refractivity contribution in [2.75, 3.05) is 43.0 Å². The molecule has 0 saturated carbocycles. The lowest BCUT2D eigenvalue weighted by atomic mass is 10.2. The first kappa shape index (κ1) is 26.5. The lowest BCUT2D eigenvalue weighted by Crippen LogP contribution is -2.48. The van der Waals surface area contributed by atoms with E-state index in [-0.39, 0.29) is 40.1 Å². The van der Waals surface area contributed by atoms with Crippen molar-refractivity contribution in [3.05, 3.63) is 89.0 Å². The number of nitrogens with one attached hydrogen (secondary N) is 1. The van der Waals surface area contributed by atoms with E-state index in [0.29, 0.717) is 13.1 Å². The Morgan fingerprint density at radius 3 is 2.30 bits per heavy atom. The van der Waals surface area contributed by atoms with Crippen LogP contribution in [0.15, 0.2) is 71.6 Å². The van der Waals surface area contributed by atoms with Gasteiger partial charge in [0.1, 0.15) is 16.5 Å². The van der Waals surface area contributed by atoms with Gasteiger partial charge in [-0.05, 0) is 54.6 Å². The Kier molecular flexibility index (Phi) is 8.06. The summed E-state index contributed by atoms with van der Waals surface area (Å²) in [5, 5.41) is 2.21. The zero-order valence-electron chi connectivity index (χ0n) is 19.4. The lowest BCUT2D eigenvalue weighted by Gasteiger charge is -2.35. The molecule has 0 unspecified atom stereocenters. The molecule has 12 heteroatoms. The third-order valence-electron chi connectivity index (χ3n) is 5.70. The van der Waals surface area contributed by atoms with E-state index in [2.05, 4.69) is 5.32 Å². The Balaban J connectivity index is 1.40. The first-order chi connectivity index (χ1) is 17.6. The summed E-state index contributed by atoms with van der Waals surface area (Å²) in [4.78, 5) is 26.2. The molecule has 1 saturated heterocycles. The average molecular weight is 550 g/mol. The highest BCUT2D eigenvalue weighted by Gasteiger charge is 2.31. The molecule has 3 aromatic rings. The summed E-state index contributed by atoms with van der Waals surface area (Å²) in [5.41, 5.74) is 0.592. The van der Waals surface area contributed by atoms with Gasteiger partial charge in [-0.15, -0.1) is 0 Å². The Morgan fingerprint density at radius 2 is 1.62 bits per heavy atom. The van der Waals surface area contributed by atoms with Crippen LogP contribution in [-0.4, -0.2) is 57.4 Å². The molecule has 1 aliphatic heterocycles. The van der Waals surface area contributed by atoms with Gasteiger partial charge in [0.25, 0.3) is 5.91 Å². The van der Waals surface area contributed by atoms with Crippen molar-refractivity contribution >= 4 is 44.9 Å². The number of hydrogen-bond acceptors (Lipinski definition) is 6. The number of carbonyl (C=O) groups is 2. The number of amides is 1. The van der Waals surface area contributed by atoms with E-state index < -0.39 is 34.3 Å². The molecule has 1 amide bonds. The molecule has 0 aromatic heterocycles. The molecular weight excluding hydrogens is 528 g/mol. The van der Waals surface area contributed by atoms with Crippen molar-refractivity contribution in [1.29, 1.82) is 0 Å². The fourth-order valence-electron chi connectivity index (χ4n) is 3.77. The van der Waals surface area contributed by atoms with E-state index in [1.54, 1.807) is 12.1 Å². The predicted octanol–water partition coefficient (Wildman–Crippen LogP) is 3.92. The van der Waals surface area contributed by atoms with Crippen LogP contribution in [0.1, 0.15) is 10.4 Å². The predicted molar refractivity (Wildman–Crippen MR) is 134 cm³/mol. The minimum absolute atomic E-state index is 0.0667. The van der Waals surface area contributed by atoms with Crippen LogP contribution in [0, 0.1) is 11.6 Å². The summed E-state index contributed by atoms with van der Waals surface area (Å²) in [6.07, 6.45) is 0. The van der Waals surface area contributed by atoms with Crippen LogP contribution in [0.5, 0.6) is 0 Å². The third-order valence-corrected chi connectivity index (χ3v) is 8.08. The molecule has 4 rings (SSSR count). The van der Waals surface area contributed by atoms with Crippen molar-refractivity contribution in [3.63, 3.8) is 0 Å². The molecule has 37 heavy (non-hydrogen) atoms. The zero-order chi connectivity index (χ0) is 26.6. The molecule has 0 atom stereocenters. The van der Waals surface area contributed by atoms with Gasteiger partial charge < -0.3 is 15.0 Å². The Bertz CT molecular complexity index is 1410. The fraction of sp³-hybridized carbons (Fsp3) is 0.200. The van der Waals surface area contributed by atoms with Gasteiger partial charge >= 0.3 is 5.97 Å². The van der Waals surface area contributed by atoms with Crippen LogP contribution in [0.2, 0.25) is 5.02 Å². The lowest BCUT2D eigenvalue weighted by molar-refractivity contribution is -0.119. The summed E-state index contributed by atoms with van der Waals surface area (Å²) in [7, 11) is -4.05. The molecule has 0 bridgehead atoms. The van der Waals surface area contributed by atoms with Gasteiger partial charge in [-0.25, -0.2) is 22.0 Å². The number of esters is 1. The summed E-state index contributed by atoms with van der Waals surface area (Å²) in [6, 6.07) is 15.1. The van der Waals surface area contributed by atoms with Gasteiger partial charge in [-0.2, -0.15) is 4.31 Å². The molecule has 0 aliphatic carbocycles. The maximum Gasteiger partial charge on any atom is 0.338 e. The molecule has 1 aliphatic rings. The van der Waals surface area contributed by atoms with Gasteiger partial charge in [0.2, 0.25) is 10.0 Å². The molecule has 194 valence electrons. The summed E-state index contributed by atoms with van der Waals surface area (Å²) in [6.45, 7) is 0.355. The number of rotatable bonds is 7. The smallest absolute Gasteiger partial charge is 0.338 e. The maximum atomic E-state index is 13.7. The standard InChI is InChI=1S/C25H22ClF2N3O5S/c26-20-10-5-17(25(33)36-16-24(32)29-22-4-2-1-3-21(22)28)15-23(20)37(34,35)31-13-11-30(12-14-31)19-8-6-18(27)7-9-19/h1-10,15H,11-14,16H2,(H,29,32). The van der Waals surface area contributed by atoms with Crippen LogP contribution in [0.4, 0.5) is 20.2 Å². The highest BCUT2D eigenvalue weighted by atomic mass is 35.5. The van der Waals surface area contributed by atoms with Crippen LogP contribution in [0.3, 0.4) is 0 Å². The summed E-state index contributed by atoms with van der Waals surface area (Å²) < 4.78 is 59.7. The van der Waals surface area contributed by atoms with Crippen molar-refractivity contribution in [3.8, 4) is 0 Å². The second-order valence-corrected chi connectivity index (χ2v) is 10.4. The molecule has 1 N–H and O–H groups in total. The normalized spacial score (nSPS) is 14.3. The minimum Gasteiger partial charge on any atom is -0.452 e. The van der Waals surface area contributed by atoms with Gasteiger partial charge in [-0.3, -0.25) is 4.79 Å². The van der Waals surface area contributed by atoms with E-state index in [4.69, 9.17) is 16.3 Å². The molecule has 8 nitrogen and oxygen atoms in total. The fourth-order valence-corrected chi connectivity index (χ4v) is 5.69. The number of sulfonamides is 1. The van der Waals surface area contributed by atoms with Crippen molar-refractivity contribution in [1.82, 2.24) is 4.31 Å². The number of benzene rings is 3. The Hall–Kier alpha value is -3.54. The number of ether oxygens (including phenoxy) is 1. The number of anilines is 2. The van der Waals surface area contributed by atoms with E-state index in [0.717, 1.165) is 11.8 Å². The largest absolute Gasteiger partial charge is 0.452 e. The van der Waals surface area contributed by atoms with Crippen molar-refractivity contribution in [2.24, 2.45) is 0 Å². The quantitative estimate of drug-likeness (QED) is 0.449. The highest BCUT2D eigenvalue weighted by molar-refractivity contribution is 7.89. The third kappa shape index (κ3) is 6.24. The highest BCUT2D eigenvalue weighted by Crippen LogP contribution is 2.28. The van der Waals surface area contributed by atoms with Crippen LogP contribution < -0.4 is 10.2 Å². The van der Waals surface area contributed by atoms with Gasteiger partial charge in [0.05, 0.1) is 16.3 Å². The number of carbonyl (C=O) groups excluding carboxylic acids is 2. The van der Waals surface area contributed by atoms with E-state index in [1.165, 1.54) is 52.8 Å². The minimum atomic E-state index is -4.05. The van der Waals surface area contributed by atoms with Gasteiger partial charge in [0, 0.05) is 31.9 Å². The molecular formula is C25H22ClF2N3O5S. The molecule has 1 fully saturated rings.